The Kier molecular flexibility index (Phi) is 7.50. The van der Waals surface area contributed by atoms with Gasteiger partial charge in [-0.3, -0.25) is 10.1 Å². The number of nitrogens with one attached hydrogen (secondary N) is 1. The molecular formula is C26H31N3O3S2. The van der Waals surface area contributed by atoms with Crippen molar-refractivity contribution in [3.05, 3.63) is 64.5 Å². The van der Waals surface area contributed by atoms with E-state index in [0.717, 1.165) is 48.1 Å². The molecule has 0 atom stereocenters. The van der Waals surface area contributed by atoms with E-state index in [1.165, 1.54) is 29.9 Å². The van der Waals surface area contributed by atoms with Gasteiger partial charge in [-0.1, -0.05) is 43.9 Å². The molecule has 0 unspecified atom stereocenters. The molecule has 6 nitrogen and oxygen atoms in total. The molecule has 0 spiro atoms. The molecule has 2 aromatic carbocycles. The van der Waals surface area contributed by atoms with Gasteiger partial charge in [0, 0.05) is 29.1 Å². The number of hydrogen-bond donors (Lipinski definition) is 1. The normalized spacial score (nSPS) is 14.9. The molecule has 180 valence electrons. The maximum Gasteiger partial charge on any atom is 0.257 e. The third kappa shape index (κ3) is 5.24. The molecule has 34 heavy (non-hydrogen) atoms. The number of thiazole rings is 1. The first-order valence-corrected chi connectivity index (χ1v) is 14.1. The maximum absolute atomic E-state index is 13.2. The molecule has 1 N–H and O–H groups in total. The second-order valence-electron chi connectivity index (χ2n) is 8.83. The van der Waals surface area contributed by atoms with Crippen LogP contribution >= 0.6 is 11.3 Å². The highest BCUT2D eigenvalue weighted by Crippen LogP contribution is 2.30. The number of carbonyl (C=O) groups is 1. The summed E-state index contributed by atoms with van der Waals surface area (Å²) in [7, 11) is -3.60. The Labute approximate surface area is 206 Å². The van der Waals surface area contributed by atoms with Crippen LogP contribution in [0, 0.1) is 13.8 Å². The maximum atomic E-state index is 13.2. The number of hydrogen-bond acceptors (Lipinski definition) is 5. The van der Waals surface area contributed by atoms with Crippen molar-refractivity contribution in [2.75, 3.05) is 11.9 Å². The van der Waals surface area contributed by atoms with E-state index >= 15 is 0 Å². The van der Waals surface area contributed by atoms with Gasteiger partial charge in [-0.05, 0) is 62.6 Å². The standard InChI is InChI=1S/C26H31N3O3S2/c1-4-29(21-8-6-5-7-9-21)34(31,32)22-14-12-20(13-15-22)25(30)28-26-27-24(17-33-26)23-16-18(2)10-11-19(23)3/h10-17,21H,4-9H2,1-3H3,(H,27,28,30). The van der Waals surface area contributed by atoms with Gasteiger partial charge in [-0.15, -0.1) is 11.3 Å². The van der Waals surface area contributed by atoms with Crippen LogP contribution < -0.4 is 5.32 Å². The predicted molar refractivity (Wildman–Crippen MR) is 138 cm³/mol. The summed E-state index contributed by atoms with van der Waals surface area (Å²) in [4.78, 5) is 17.6. The van der Waals surface area contributed by atoms with Gasteiger partial charge in [0.2, 0.25) is 10.0 Å². The monoisotopic (exact) mass is 497 g/mol. The van der Waals surface area contributed by atoms with Crippen LogP contribution in [-0.2, 0) is 10.0 Å². The Bertz CT molecular complexity index is 1260. The van der Waals surface area contributed by atoms with Crippen molar-refractivity contribution >= 4 is 32.4 Å². The van der Waals surface area contributed by atoms with Crippen LogP contribution in [0.2, 0.25) is 0 Å². The number of amides is 1. The van der Waals surface area contributed by atoms with Gasteiger partial charge < -0.3 is 0 Å². The van der Waals surface area contributed by atoms with Crippen molar-refractivity contribution in [1.29, 1.82) is 0 Å². The molecule has 8 heteroatoms. The number of anilines is 1. The summed E-state index contributed by atoms with van der Waals surface area (Å²) in [6.07, 6.45) is 5.12. The minimum absolute atomic E-state index is 0.0582. The van der Waals surface area contributed by atoms with Crippen LogP contribution in [0.4, 0.5) is 5.13 Å². The second-order valence-corrected chi connectivity index (χ2v) is 11.6. The summed E-state index contributed by atoms with van der Waals surface area (Å²) in [6, 6.07) is 12.5. The Hall–Kier alpha value is -2.55. The molecule has 1 amide bonds. The number of aryl methyl sites for hydroxylation is 2. The lowest BCUT2D eigenvalue weighted by molar-refractivity contribution is 0.102. The van der Waals surface area contributed by atoms with E-state index in [0.29, 0.717) is 17.2 Å². The third-order valence-electron chi connectivity index (χ3n) is 6.41. The first kappa shape index (κ1) is 24.6. The summed E-state index contributed by atoms with van der Waals surface area (Å²) in [5.41, 5.74) is 4.54. The van der Waals surface area contributed by atoms with Crippen LogP contribution in [0.5, 0.6) is 0 Å². The lowest BCUT2D eigenvalue weighted by atomic mass is 9.95. The highest BCUT2D eigenvalue weighted by atomic mass is 32.2. The largest absolute Gasteiger partial charge is 0.298 e. The van der Waals surface area contributed by atoms with Crippen LogP contribution in [0.25, 0.3) is 11.3 Å². The van der Waals surface area contributed by atoms with Crippen molar-refractivity contribution in [3.63, 3.8) is 0 Å². The molecule has 1 aliphatic rings. The van der Waals surface area contributed by atoms with Crippen LogP contribution in [-0.4, -0.2) is 36.2 Å². The van der Waals surface area contributed by atoms with Gasteiger partial charge in [0.1, 0.15) is 0 Å². The number of carbonyl (C=O) groups excluding carboxylic acids is 1. The van der Waals surface area contributed by atoms with Crippen LogP contribution in [0.1, 0.15) is 60.5 Å². The van der Waals surface area contributed by atoms with Crippen molar-refractivity contribution in [1.82, 2.24) is 9.29 Å². The molecule has 1 fully saturated rings. The average Bonchev–Trinajstić information content (AvgIpc) is 3.30. The zero-order valence-corrected chi connectivity index (χ0v) is 21.5. The minimum atomic E-state index is -3.60. The SMILES string of the molecule is CCN(C1CCCCC1)S(=O)(=O)c1ccc(C(=O)Nc2nc(-c3cc(C)ccc3C)cs2)cc1. The molecule has 0 bridgehead atoms. The van der Waals surface area contributed by atoms with Gasteiger partial charge >= 0.3 is 0 Å². The molecule has 0 radical (unpaired) electrons. The highest BCUT2D eigenvalue weighted by molar-refractivity contribution is 7.89. The summed E-state index contributed by atoms with van der Waals surface area (Å²) in [6.45, 7) is 6.41. The Morgan fingerprint density at radius 1 is 1.09 bits per heavy atom. The topological polar surface area (TPSA) is 79.4 Å². The van der Waals surface area contributed by atoms with E-state index < -0.39 is 10.0 Å². The molecule has 1 aromatic heterocycles. The smallest absolute Gasteiger partial charge is 0.257 e. The van der Waals surface area contributed by atoms with E-state index in [1.807, 2.05) is 26.2 Å². The Morgan fingerprint density at radius 2 is 1.79 bits per heavy atom. The van der Waals surface area contributed by atoms with Crippen molar-refractivity contribution in [3.8, 4) is 11.3 Å². The molecular weight excluding hydrogens is 466 g/mol. The number of nitrogens with zero attached hydrogens (tertiary/aromatic N) is 2. The van der Waals surface area contributed by atoms with E-state index in [1.54, 1.807) is 16.4 Å². The lowest BCUT2D eigenvalue weighted by Crippen LogP contribution is -2.41. The number of rotatable bonds is 7. The molecule has 1 heterocycles. The minimum Gasteiger partial charge on any atom is -0.298 e. The quantitative estimate of drug-likeness (QED) is 0.433. The molecule has 3 aromatic rings. The molecule has 4 rings (SSSR count). The number of sulfonamides is 1. The third-order valence-corrected chi connectivity index (χ3v) is 9.21. The first-order valence-electron chi connectivity index (χ1n) is 11.8. The van der Waals surface area contributed by atoms with E-state index in [-0.39, 0.29) is 16.8 Å². The fourth-order valence-electron chi connectivity index (χ4n) is 4.54. The summed E-state index contributed by atoms with van der Waals surface area (Å²) < 4.78 is 28.1. The zero-order chi connectivity index (χ0) is 24.3. The lowest BCUT2D eigenvalue weighted by Gasteiger charge is -2.32. The van der Waals surface area contributed by atoms with E-state index in [4.69, 9.17) is 0 Å². The molecule has 0 aliphatic heterocycles. The van der Waals surface area contributed by atoms with Gasteiger partial charge in [0.15, 0.2) is 5.13 Å². The van der Waals surface area contributed by atoms with Crippen molar-refractivity contribution < 1.29 is 13.2 Å². The Morgan fingerprint density at radius 3 is 2.47 bits per heavy atom. The van der Waals surface area contributed by atoms with Gasteiger partial charge in [-0.2, -0.15) is 4.31 Å². The fourth-order valence-corrected chi connectivity index (χ4v) is 6.94. The fraction of sp³-hybridized carbons (Fsp3) is 0.385. The van der Waals surface area contributed by atoms with E-state index in [2.05, 4.69) is 28.5 Å². The van der Waals surface area contributed by atoms with Gasteiger partial charge in [0.05, 0.1) is 10.6 Å². The van der Waals surface area contributed by atoms with Crippen molar-refractivity contribution in [2.45, 2.75) is 63.8 Å². The average molecular weight is 498 g/mol. The first-order chi connectivity index (χ1) is 16.3. The molecule has 1 aliphatic carbocycles. The number of benzene rings is 2. The second kappa shape index (κ2) is 10.4. The summed E-state index contributed by atoms with van der Waals surface area (Å²) >= 11 is 1.37. The van der Waals surface area contributed by atoms with Gasteiger partial charge in [0.25, 0.3) is 5.91 Å². The predicted octanol–water partition coefficient (Wildman–Crippen LogP) is 6.02. The van der Waals surface area contributed by atoms with E-state index in [9.17, 15) is 13.2 Å². The van der Waals surface area contributed by atoms with Crippen LogP contribution in [0.3, 0.4) is 0 Å². The number of aromatic nitrogens is 1. The summed E-state index contributed by atoms with van der Waals surface area (Å²) in [5, 5.41) is 5.27. The van der Waals surface area contributed by atoms with Gasteiger partial charge in [-0.25, -0.2) is 13.4 Å². The Balaban J connectivity index is 1.47. The molecule has 1 saturated carbocycles. The summed E-state index contributed by atoms with van der Waals surface area (Å²) in [5.74, 6) is -0.314. The molecule has 0 saturated heterocycles. The van der Waals surface area contributed by atoms with Crippen molar-refractivity contribution in [2.24, 2.45) is 0 Å². The zero-order valence-electron chi connectivity index (χ0n) is 19.9. The van der Waals surface area contributed by atoms with Crippen LogP contribution in [0.15, 0.2) is 52.7 Å². The highest BCUT2D eigenvalue weighted by Gasteiger charge is 2.31.